The summed E-state index contributed by atoms with van der Waals surface area (Å²) in [4.78, 5) is 25.4. The van der Waals surface area contributed by atoms with E-state index in [2.05, 4.69) is 5.32 Å². The fourth-order valence-corrected chi connectivity index (χ4v) is 2.38. The molecule has 1 fully saturated rings. The second-order valence-electron chi connectivity index (χ2n) is 4.89. The number of hydrogen-bond acceptors (Lipinski definition) is 3. The van der Waals surface area contributed by atoms with Crippen LogP contribution in [0.1, 0.15) is 38.5 Å². The zero-order chi connectivity index (χ0) is 13.4. The summed E-state index contributed by atoms with van der Waals surface area (Å²) in [5, 5.41) is 2.66. The van der Waals surface area contributed by atoms with Gasteiger partial charge in [0, 0.05) is 26.6 Å². The molecule has 0 aromatic rings. The lowest BCUT2D eigenvalue weighted by molar-refractivity contribution is -0.135. The molecule has 0 bridgehead atoms. The van der Waals surface area contributed by atoms with E-state index in [-0.39, 0.29) is 17.7 Å². The van der Waals surface area contributed by atoms with Gasteiger partial charge < -0.3 is 16.0 Å². The van der Waals surface area contributed by atoms with Gasteiger partial charge in [-0.3, -0.25) is 9.59 Å². The predicted molar refractivity (Wildman–Crippen MR) is 70.9 cm³/mol. The van der Waals surface area contributed by atoms with Gasteiger partial charge in [0.15, 0.2) is 0 Å². The van der Waals surface area contributed by atoms with Crippen LogP contribution in [0, 0.1) is 5.92 Å². The molecule has 5 nitrogen and oxygen atoms in total. The van der Waals surface area contributed by atoms with Gasteiger partial charge in [-0.2, -0.15) is 0 Å². The number of nitrogens with one attached hydrogen (secondary N) is 1. The van der Waals surface area contributed by atoms with Crippen LogP contribution in [0.15, 0.2) is 0 Å². The summed E-state index contributed by atoms with van der Waals surface area (Å²) in [5.41, 5.74) is 5.42. The van der Waals surface area contributed by atoms with Gasteiger partial charge in [-0.1, -0.05) is 6.42 Å². The highest BCUT2D eigenvalue weighted by molar-refractivity contribution is 5.81. The van der Waals surface area contributed by atoms with Gasteiger partial charge in [0.25, 0.3) is 0 Å². The van der Waals surface area contributed by atoms with E-state index in [1.54, 1.807) is 7.05 Å². The van der Waals surface area contributed by atoms with Crippen molar-refractivity contribution in [1.29, 1.82) is 0 Å². The Morgan fingerprint density at radius 1 is 1.33 bits per heavy atom. The molecule has 1 atom stereocenters. The van der Waals surface area contributed by atoms with E-state index < -0.39 is 0 Å². The van der Waals surface area contributed by atoms with Gasteiger partial charge in [0.1, 0.15) is 0 Å². The number of likely N-dealkylation sites (tertiary alicyclic amines) is 1. The fraction of sp³-hybridized carbons (Fsp3) is 0.846. The average molecular weight is 255 g/mol. The molecule has 1 heterocycles. The first-order chi connectivity index (χ1) is 8.69. The molecule has 1 rings (SSSR count). The number of nitrogens with two attached hydrogens (primary N) is 1. The molecule has 2 amide bonds. The maximum atomic E-state index is 12.0. The Morgan fingerprint density at radius 2 is 2.11 bits per heavy atom. The van der Waals surface area contributed by atoms with Crippen molar-refractivity contribution in [3.05, 3.63) is 0 Å². The molecule has 1 unspecified atom stereocenters. The van der Waals surface area contributed by atoms with E-state index in [9.17, 15) is 9.59 Å². The third kappa shape index (κ3) is 4.64. The topological polar surface area (TPSA) is 75.4 Å². The van der Waals surface area contributed by atoms with Crippen LogP contribution in [0.3, 0.4) is 0 Å². The molecule has 3 N–H and O–H groups in total. The lowest BCUT2D eigenvalue weighted by Crippen LogP contribution is -2.44. The van der Waals surface area contributed by atoms with Crippen molar-refractivity contribution in [3.63, 3.8) is 0 Å². The number of nitrogens with zero attached hydrogens (tertiary/aromatic N) is 1. The third-order valence-corrected chi connectivity index (χ3v) is 3.49. The van der Waals surface area contributed by atoms with Crippen LogP contribution in [0.5, 0.6) is 0 Å². The second-order valence-corrected chi connectivity index (χ2v) is 4.89. The molecule has 1 saturated heterocycles. The molecule has 1 aliphatic heterocycles. The SMILES string of the molecule is CNC(=O)C1CCCN(C(=O)CCCCCN)C1. The van der Waals surface area contributed by atoms with Crippen molar-refractivity contribution in [1.82, 2.24) is 10.2 Å². The van der Waals surface area contributed by atoms with Gasteiger partial charge in [-0.25, -0.2) is 0 Å². The van der Waals surface area contributed by atoms with Crippen molar-refractivity contribution >= 4 is 11.8 Å². The largest absolute Gasteiger partial charge is 0.359 e. The lowest BCUT2D eigenvalue weighted by atomic mass is 9.97. The number of piperidine rings is 1. The fourth-order valence-electron chi connectivity index (χ4n) is 2.38. The van der Waals surface area contributed by atoms with Crippen molar-refractivity contribution in [2.24, 2.45) is 11.7 Å². The minimum absolute atomic E-state index is 0.0308. The van der Waals surface area contributed by atoms with Gasteiger partial charge >= 0.3 is 0 Å². The van der Waals surface area contributed by atoms with Crippen LogP contribution in [-0.4, -0.2) is 43.4 Å². The maximum Gasteiger partial charge on any atom is 0.224 e. The smallest absolute Gasteiger partial charge is 0.224 e. The summed E-state index contributed by atoms with van der Waals surface area (Å²) >= 11 is 0. The Labute approximate surface area is 109 Å². The summed E-state index contributed by atoms with van der Waals surface area (Å²) in [7, 11) is 1.65. The van der Waals surface area contributed by atoms with Crippen molar-refractivity contribution < 1.29 is 9.59 Å². The number of carbonyl (C=O) groups is 2. The molecule has 0 saturated carbocycles. The number of unbranched alkanes of at least 4 members (excludes halogenated alkanes) is 2. The van der Waals surface area contributed by atoms with Crippen LogP contribution in [0.25, 0.3) is 0 Å². The highest BCUT2D eigenvalue weighted by Crippen LogP contribution is 2.18. The standard InChI is InChI=1S/C13H25N3O2/c1-15-13(18)11-6-5-9-16(10-11)12(17)7-3-2-4-8-14/h11H,2-10,14H2,1H3,(H,15,18). The first kappa shape index (κ1) is 15.0. The molecule has 18 heavy (non-hydrogen) atoms. The molecule has 0 radical (unpaired) electrons. The predicted octanol–water partition coefficient (Wildman–Crippen LogP) is 0.490. The molecule has 0 spiro atoms. The summed E-state index contributed by atoms with van der Waals surface area (Å²) in [6.07, 6.45) is 5.28. The minimum atomic E-state index is -0.0308. The minimum Gasteiger partial charge on any atom is -0.359 e. The zero-order valence-electron chi connectivity index (χ0n) is 11.3. The molecular formula is C13H25N3O2. The summed E-state index contributed by atoms with van der Waals surface area (Å²) in [5.74, 6) is 0.202. The van der Waals surface area contributed by atoms with Crippen molar-refractivity contribution in [2.75, 3.05) is 26.7 Å². The van der Waals surface area contributed by atoms with Gasteiger partial charge in [-0.15, -0.1) is 0 Å². The molecule has 5 heteroatoms. The van der Waals surface area contributed by atoms with Gasteiger partial charge in [0.2, 0.25) is 11.8 Å². The highest BCUT2D eigenvalue weighted by Gasteiger charge is 2.27. The lowest BCUT2D eigenvalue weighted by Gasteiger charge is -2.31. The Kier molecular flexibility index (Phi) is 6.72. The maximum absolute atomic E-state index is 12.0. The Hall–Kier alpha value is -1.10. The quantitative estimate of drug-likeness (QED) is 0.678. The van der Waals surface area contributed by atoms with Crippen LogP contribution in [-0.2, 0) is 9.59 Å². The van der Waals surface area contributed by atoms with E-state index in [0.717, 1.165) is 38.6 Å². The molecule has 104 valence electrons. The highest BCUT2D eigenvalue weighted by atomic mass is 16.2. The van der Waals surface area contributed by atoms with Crippen LogP contribution < -0.4 is 11.1 Å². The average Bonchev–Trinajstić information content (AvgIpc) is 2.42. The third-order valence-electron chi connectivity index (χ3n) is 3.49. The number of hydrogen-bond donors (Lipinski definition) is 2. The number of amides is 2. The van der Waals surface area contributed by atoms with E-state index in [4.69, 9.17) is 5.73 Å². The van der Waals surface area contributed by atoms with Gasteiger partial charge in [-0.05, 0) is 32.2 Å². The number of rotatable bonds is 6. The zero-order valence-corrected chi connectivity index (χ0v) is 11.3. The van der Waals surface area contributed by atoms with Crippen LogP contribution in [0.2, 0.25) is 0 Å². The first-order valence-electron chi connectivity index (χ1n) is 6.88. The molecule has 0 aliphatic carbocycles. The molecular weight excluding hydrogens is 230 g/mol. The van der Waals surface area contributed by atoms with Crippen LogP contribution >= 0.6 is 0 Å². The summed E-state index contributed by atoms with van der Waals surface area (Å²) < 4.78 is 0. The van der Waals surface area contributed by atoms with E-state index >= 15 is 0 Å². The first-order valence-corrected chi connectivity index (χ1v) is 6.88. The number of carbonyl (C=O) groups excluding carboxylic acids is 2. The Balaban J connectivity index is 2.31. The monoisotopic (exact) mass is 255 g/mol. The van der Waals surface area contributed by atoms with Crippen molar-refractivity contribution in [2.45, 2.75) is 38.5 Å². The summed E-state index contributed by atoms with van der Waals surface area (Å²) in [6, 6.07) is 0. The van der Waals surface area contributed by atoms with Gasteiger partial charge in [0.05, 0.1) is 5.92 Å². The second kappa shape index (κ2) is 8.08. The van der Waals surface area contributed by atoms with E-state index in [1.165, 1.54) is 0 Å². The normalized spacial score (nSPS) is 19.7. The van der Waals surface area contributed by atoms with Crippen molar-refractivity contribution in [3.8, 4) is 0 Å². The molecule has 0 aromatic carbocycles. The van der Waals surface area contributed by atoms with Crippen LogP contribution in [0.4, 0.5) is 0 Å². The van der Waals surface area contributed by atoms with E-state index in [1.807, 2.05) is 4.90 Å². The Morgan fingerprint density at radius 3 is 2.78 bits per heavy atom. The van der Waals surface area contributed by atoms with E-state index in [0.29, 0.717) is 19.5 Å². The summed E-state index contributed by atoms with van der Waals surface area (Å²) in [6.45, 7) is 2.06. The molecule has 1 aliphatic rings. The Bertz CT molecular complexity index is 281. The molecule has 0 aromatic heterocycles.